The minimum Gasteiger partial charge on any atom is -0.365 e. The molecule has 0 atom stereocenters. The lowest BCUT2D eigenvalue weighted by Crippen LogP contribution is -1.98. The van der Waals surface area contributed by atoms with Gasteiger partial charge in [-0.05, 0) is 5.56 Å². The van der Waals surface area contributed by atoms with Gasteiger partial charge in [0.15, 0.2) is 0 Å². The first kappa shape index (κ1) is 8.26. The molecule has 0 radical (unpaired) electrons. The molecule has 1 N–H and O–H groups in total. The smallest absolute Gasteiger partial charge is 0.137 e. The Morgan fingerprint density at radius 1 is 1.23 bits per heavy atom. The summed E-state index contributed by atoms with van der Waals surface area (Å²) in [6.07, 6.45) is 0. The third-order valence-electron chi connectivity index (χ3n) is 1.75. The Kier molecular flexibility index (Phi) is 2.57. The van der Waals surface area contributed by atoms with Crippen molar-refractivity contribution in [2.24, 2.45) is 0 Å². The number of nitrogens with one attached hydrogen (secondary N) is 1. The first-order chi connectivity index (χ1) is 6.45. The van der Waals surface area contributed by atoms with Crippen molar-refractivity contribution in [3.63, 3.8) is 0 Å². The average Bonchev–Trinajstić information content (AvgIpc) is 2.69. The summed E-state index contributed by atoms with van der Waals surface area (Å²) in [5, 5.41) is 5.24. The SMILES string of the molecule is c1ccc(CNc2cscn2)cc1. The molecule has 0 fully saturated rings. The Hall–Kier alpha value is -1.35. The molecule has 66 valence electrons. The van der Waals surface area contributed by atoms with E-state index in [1.165, 1.54) is 5.56 Å². The van der Waals surface area contributed by atoms with Crippen LogP contribution in [0.2, 0.25) is 0 Å². The normalized spacial score (nSPS) is 9.85. The number of thiazole rings is 1. The Balaban J connectivity index is 1.94. The van der Waals surface area contributed by atoms with Gasteiger partial charge in [0.25, 0.3) is 0 Å². The van der Waals surface area contributed by atoms with Gasteiger partial charge in [0.2, 0.25) is 0 Å². The Labute approximate surface area is 81.3 Å². The molecule has 2 aromatic rings. The standard InChI is InChI=1S/C10H10N2S/c1-2-4-9(5-3-1)6-11-10-7-13-8-12-10/h1-5,7-8,11H,6H2. The zero-order valence-corrected chi connectivity index (χ0v) is 7.92. The first-order valence-electron chi connectivity index (χ1n) is 4.11. The molecule has 1 heterocycles. The van der Waals surface area contributed by atoms with Crippen LogP contribution in [0.3, 0.4) is 0 Å². The molecule has 0 amide bonds. The summed E-state index contributed by atoms with van der Waals surface area (Å²) in [4.78, 5) is 4.14. The second-order valence-corrected chi connectivity index (χ2v) is 3.43. The number of hydrogen-bond acceptors (Lipinski definition) is 3. The van der Waals surface area contributed by atoms with Crippen LogP contribution >= 0.6 is 11.3 Å². The molecule has 0 aliphatic carbocycles. The van der Waals surface area contributed by atoms with E-state index in [2.05, 4.69) is 22.4 Å². The van der Waals surface area contributed by atoms with Crippen molar-refractivity contribution in [3.8, 4) is 0 Å². The monoisotopic (exact) mass is 190 g/mol. The van der Waals surface area contributed by atoms with E-state index in [9.17, 15) is 0 Å². The summed E-state index contributed by atoms with van der Waals surface area (Å²) >= 11 is 1.60. The molecule has 0 unspecified atom stereocenters. The van der Waals surface area contributed by atoms with Crippen LogP contribution in [0.4, 0.5) is 5.82 Å². The number of aromatic nitrogens is 1. The Morgan fingerprint density at radius 2 is 2.08 bits per heavy atom. The van der Waals surface area contributed by atoms with Crippen molar-refractivity contribution in [2.45, 2.75) is 6.54 Å². The van der Waals surface area contributed by atoms with E-state index in [1.54, 1.807) is 11.3 Å². The summed E-state index contributed by atoms with van der Waals surface area (Å²) in [7, 11) is 0. The molecule has 13 heavy (non-hydrogen) atoms. The van der Waals surface area contributed by atoms with Gasteiger partial charge < -0.3 is 5.32 Å². The lowest BCUT2D eigenvalue weighted by Gasteiger charge is -2.01. The van der Waals surface area contributed by atoms with Gasteiger partial charge in [-0.1, -0.05) is 30.3 Å². The van der Waals surface area contributed by atoms with Gasteiger partial charge in [0.1, 0.15) is 5.82 Å². The second-order valence-electron chi connectivity index (χ2n) is 2.71. The fourth-order valence-electron chi connectivity index (χ4n) is 1.09. The lowest BCUT2D eigenvalue weighted by atomic mass is 10.2. The Morgan fingerprint density at radius 3 is 2.77 bits per heavy atom. The van der Waals surface area contributed by atoms with E-state index in [4.69, 9.17) is 0 Å². The number of rotatable bonds is 3. The van der Waals surface area contributed by atoms with Crippen LogP contribution < -0.4 is 5.32 Å². The highest BCUT2D eigenvalue weighted by Gasteiger charge is 1.93. The first-order valence-corrected chi connectivity index (χ1v) is 5.05. The summed E-state index contributed by atoms with van der Waals surface area (Å²) in [6.45, 7) is 0.838. The third kappa shape index (κ3) is 2.29. The number of nitrogens with zero attached hydrogens (tertiary/aromatic N) is 1. The van der Waals surface area contributed by atoms with E-state index in [1.807, 2.05) is 29.1 Å². The maximum atomic E-state index is 4.14. The molecule has 1 aromatic carbocycles. The molecule has 2 rings (SSSR count). The van der Waals surface area contributed by atoms with Crippen molar-refractivity contribution in [1.82, 2.24) is 4.98 Å². The van der Waals surface area contributed by atoms with E-state index in [-0.39, 0.29) is 0 Å². The highest BCUT2D eigenvalue weighted by atomic mass is 32.1. The minimum absolute atomic E-state index is 0.838. The molecule has 0 saturated carbocycles. The van der Waals surface area contributed by atoms with Crippen LogP contribution in [0.15, 0.2) is 41.2 Å². The van der Waals surface area contributed by atoms with Gasteiger partial charge in [-0.25, -0.2) is 4.98 Å². The fourth-order valence-corrected chi connectivity index (χ4v) is 1.60. The molecule has 3 heteroatoms. The molecule has 0 aliphatic rings. The zero-order chi connectivity index (χ0) is 8.93. The predicted molar refractivity (Wildman–Crippen MR) is 55.9 cm³/mol. The van der Waals surface area contributed by atoms with Gasteiger partial charge in [0.05, 0.1) is 5.51 Å². The van der Waals surface area contributed by atoms with Crippen LogP contribution in [0.5, 0.6) is 0 Å². The summed E-state index contributed by atoms with van der Waals surface area (Å²) in [6, 6.07) is 10.3. The summed E-state index contributed by atoms with van der Waals surface area (Å²) in [5.41, 5.74) is 3.10. The molecular formula is C10H10N2S. The van der Waals surface area contributed by atoms with Gasteiger partial charge in [-0.3, -0.25) is 0 Å². The van der Waals surface area contributed by atoms with Crippen molar-refractivity contribution in [1.29, 1.82) is 0 Å². The largest absolute Gasteiger partial charge is 0.365 e. The van der Waals surface area contributed by atoms with Crippen molar-refractivity contribution in [2.75, 3.05) is 5.32 Å². The predicted octanol–water partition coefficient (Wildman–Crippen LogP) is 2.76. The molecular weight excluding hydrogens is 180 g/mol. The number of anilines is 1. The highest BCUT2D eigenvalue weighted by molar-refractivity contribution is 7.07. The van der Waals surface area contributed by atoms with Crippen molar-refractivity contribution >= 4 is 17.2 Å². The molecule has 0 spiro atoms. The Bertz CT molecular complexity index is 342. The quantitative estimate of drug-likeness (QED) is 0.805. The van der Waals surface area contributed by atoms with Crippen LogP contribution in [0, 0.1) is 0 Å². The van der Waals surface area contributed by atoms with Crippen LogP contribution in [0.1, 0.15) is 5.56 Å². The molecule has 0 aliphatic heterocycles. The number of benzene rings is 1. The van der Waals surface area contributed by atoms with Crippen LogP contribution in [-0.4, -0.2) is 4.98 Å². The lowest BCUT2D eigenvalue weighted by molar-refractivity contribution is 1.12. The van der Waals surface area contributed by atoms with E-state index < -0.39 is 0 Å². The minimum atomic E-state index is 0.838. The number of hydrogen-bond donors (Lipinski definition) is 1. The average molecular weight is 190 g/mol. The summed E-state index contributed by atoms with van der Waals surface area (Å²) in [5.74, 6) is 0.953. The van der Waals surface area contributed by atoms with Gasteiger partial charge in [-0.2, -0.15) is 0 Å². The second kappa shape index (κ2) is 4.05. The van der Waals surface area contributed by atoms with Gasteiger partial charge in [-0.15, -0.1) is 11.3 Å². The van der Waals surface area contributed by atoms with E-state index in [0.29, 0.717) is 0 Å². The molecule has 1 aromatic heterocycles. The van der Waals surface area contributed by atoms with Crippen LogP contribution in [-0.2, 0) is 6.54 Å². The highest BCUT2D eigenvalue weighted by Crippen LogP contribution is 2.08. The maximum Gasteiger partial charge on any atom is 0.137 e. The maximum absolute atomic E-state index is 4.14. The summed E-state index contributed by atoms with van der Waals surface area (Å²) < 4.78 is 0. The zero-order valence-electron chi connectivity index (χ0n) is 7.10. The van der Waals surface area contributed by atoms with Crippen molar-refractivity contribution in [3.05, 3.63) is 46.8 Å². The van der Waals surface area contributed by atoms with Crippen molar-refractivity contribution < 1.29 is 0 Å². The topological polar surface area (TPSA) is 24.9 Å². The molecule has 2 nitrogen and oxygen atoms in total. The molecule has 0 bridgehead atoms. The van der Waals surface area contributed by atoms with Crippen LogP contribution in [0.25, 0.3) is 0 Å². The molecule has 0 saturated heterocycles. The van der Waals surface area contributed by atoms with Gasteiger partial charge in [0, 0.05) is 11.9 Å². The third-order valence-corrected chi connectivity index (χ3v) is 2.34. The van der Waals surface area contributed by atoms with E-state index >= 15 is 0 Å². The van der Waals surface area contributed by atoms with Gasteiger partial charge >= 0.3 is 0 Å². The van der Waals surface area contributed by atoms with E-state index in [0.717, 1.165) is 12.4 Å². The fraction of sp³-hybridized carbons (Fsp3) is 0.100.